The third-order valence-corrected chi connectivity index (χ3v) is 4.08. The first kappa shape index (κ1) is 13.8. The summed E-state index contributed by atoms with van der Waals surface area (Å²) in [5.74, 6) is 0.943. The molecule has 2 rings (SSSR count). The van der Waals surface area contributed by atoms with Gasteiger partial charge in [-0.1, -0.05) is 0 Å². The SMILES string of the molecule is CC(CN1CCCC1)NC(=O)CCC1CCNC1. The van der Waals surface area contributed by atoms with Gasteiger partial charge in [-0.05, 0) is 64.7 Å². The fourth-order valence-corrected chi connectivity index (χ4v) is 3.04. The van der Waals surface area contributed by atoms with E-state index in [-0.39, 0.29) is 11.9 Å². The van der Waals surface area contributed by atoms with Crippen molar-refractivity contribution in [2.45, 2.75) is 45.1 Å². The van der Waals surface area contributed by atoms with Crippen molar-refractivity contribution in [2.24, 2.45) is 5.92 Å². The highest BCUT2D eigenvalue weighted by Crippen LogP contribution is 2.14. The number of hydrogen-bond donors (Lipinski definition) is 2. The van der Waals surface area contributed by atoms with E-state index < -0.39 is 0 Å². The minimum absolute atomic E-state index is 0.230. The highest BCUT2D eigenvalue weighted by atomic mass is 16.1. The molecule has 0 saturated carbocycles. The minimum Gasteiger partial charge on any atom is -0.352 e. The van der Waals surface area contributed by atoms with Crippen LogP contribution in [-0.4, -0.2) is 49.6 Å². The van der Waals surface area contributed by atoms with Crippen LogP contribution >= 0.6 is 0 Å². The lowest BCUT2D eigenvalue weighted by molar-refractivity contribution is -0.122. The Balaban J connectivity index is 1.57. The van der Waals surface area contributed by atoms with Gasteiger partial charge in [-0.3, -0.25) is 4.79 Å². The van der Waals surface area contributed by atoms with Gasteiger partial charge in [0.25, 0.3) is 0 Å². The molecule has 1 amide bonds. The number of nitrogens with one attached hydrogen (secondary N) is 2. The summed E-state index contributed by atoms with van der Waals surface area (Å²) in [6.07, 6.45) is 5.59. The monoisotopic (exact) mass is 253 g/mol. The van der Waals surface area contributed by atoms with Crippen molar-refractivity contribution in [1.82, 2.24) is 15.5 Å². The highest BCUT2D eigenvalue weighted by molar-refractivity contribution is 5.76. The van der Waals surface area contributed by atoms with Crippen LogP contribution in [0.25, 0.3) is 0 Å². The first-order chi connectivity index (χ1) is 8.74. The molecule has 0 aromatic carbocycles. The van der Waals surface area contributed by atoms with Crippen molar-refractivity contribution >= 4 is 5.91 Å². The van der Waals surface area contributed by atoms with Gasteiger partial charge in [0.05, 0.1) is 0 Å². The minimum atomic E-state index is 0.230. The molecule has 2 saturated heterocycles. The molecule has 2 aliphatic heterocycles. The highest BCUT2D eigenvalue weighted by Gasteiger charge is 2.18. The van der Waals surface area contributed by atoms with E-state index in [1.165, 1.54) is 32.4 Å². The molecule has 0 aliphatic carbocycles. The number of carbonyl (C=O) groups excluding carboxylic acids is 1. The molecule has 0 radical (unpaired) electrons. The van der Waals surface area contributed by atoms with E-state index in [9.17, 15) is 4.79 Å². The molecular weight excluding hydrogens is 226 g/mol. The maximum atomic E-state index is 11.8. The normalized spacial score (nSPS) is 26.4. The second-order valence-electron chi connectivity index (χ2n) is 5.87. The number of hydrogen-bond acceptors (Lipinski definition) is 3. The van der Waals surface area contributed by atoms with Gasteiger partial charge < -0.3 is 15.5 Å². The Morgan fingerprint density at radius 2 is 2.22 bits per heavy atom. The predicted octanol–water partition coefficient (Wildman–Crippen LogP) is 0.977. The van der Waals surface area contributed by atoms with E-state index in [0.29, 0.717) is 12.3 Å². The number of likely N-dealkylation sites (tertiary alicyclic amines) is 1. The van der Waals surface area contributed by atoms with E-state index >= 15 is 0 Å². The molecule has 0 aromatic rings. The first-order valence-corrected chi connectivity index (χ1v) is 7.46. The summed E-state index contributed by atoms with van der Waals surface area (Å²) in [5, 5.41) is 6.48. The molecule has 4 heteroatoms. The Kier molecular flexibility index (Phi) is 5.45. The topological polar surface area (TPSA) is 44.4 Å². The van der Waals surface area contributed by atoms with Crippen LogP contribution in [-0.2, 0) is 4.79 Å². The molecule has 104 valence electrons. The fourth-order valence-electron chi connectivity index (χ4n) is 3.04. The largest absolute Gasteiger partial charge is 0.352 e. The lowest BCUT2D eigenvalue weighted by Gasteiger charge is -2.21. The van der Waals surface area contributed by atoms with Gasteiger partial charge in [0.15, 0.2) is 0 Å². The molecule has 0 aromatic heterocycles. The summed E-state index contributed by atoms with van der Waals surface area (Å²) in [6, 6.07) is 0.289. The van der Waals surface area contributed by atoms with Gasteiger partial charge in [-0.2, -0.15) is 0 Å². The van der Waals surface area contributed by atoms with E-state index in [2.05, 4.69) is 22.5 Å². The van der Waals surface area contributed by atoms with Crippen LogP contribution in [0.3, 0.4) is 0 Å². The van der Waals surface area contributed by atoms with Crippen molar-refractivity contribution in [3.05, 3.63) is 0 Å². The molecule has 18 heavy (non-hydrogen) atoms. The molecule has 2 fully saturated rings. The summed E-state index contributed by atoms with van der Waals surface area (Å²) in [5.41, 5.74) is 0. The van der Waals surface area contributed by atoms with Gasteiger partial charge in [0, 0.05) is 19.0 Å². The van der Waals surface area contributed by atoms with Crippen LogP contribution in [0.15, 0.2) is 0 Å². The zero-order valence-electron chi connectivity index (χ0n) is 11.6. The third-order valence-electron chi connectivity index (χ3n) is 4.08. The number of amides is 1. The van der Waals surface area contributed by atoms with Gasteiger partial charge in [-0.15, -0.1) is 0 Å². The zero-order chi connectivity index (χ0) is 12.8. The van der Waals surface area contributed by atoms with Crippen LogP contribution in [0.5, 0.6) is 0 Å². The van der Waals surface area contributed by atoms with E-state index in [1.807, 2.05) is 0 Å². The van der Waals surface area contributed by atoms with Crippen LogP contribution in [0.2, 0.25) is 0 Å². The van der Waals surface area contributed by atoms with E-state index in [1.54, 1.807) is 0 Å². The van der Waals surface area contributed by atoms with Crippen LogP contribution in [0.1, 0.15) is 39.0 Å². The van der Waals surface area contributed by atoms with Crippen LogP contribution in [0, 0.1) is 5.92 Å². The van der Waals surface area contributed by atoms with E-state index in [0.717, 1.165) is 26.1 Å². The quantitative estimate of drug-likeness (QED) is 0.741. The van der Waals surface area contributed by atoms with Gasteiger partial charge in [-0.25, -0.2) is 0 Å². The second kappa shape index (κ2) is 7.10. The Bertz CT molecular complexity index is 258. The summed E-state index contributed by atoms with van der Waals surface area (Å²) in [6.45, 7) is 7.75. The summed E-state index contributed by atoms with van der Waals surface area (Å²) in [4.78, 5) is 14.3. The first-order valence-electron chi connectivity index (χ1n) is 7.46. The fraction of sp³-hybridized carbons (Fsp3) is 0.929. The predicted molar refractivity (Wildman–Crippen MR) is 73.5 cm³/mol. The zero-order valence-corrected chi connectivity index (χ0v) is 11.6. The van der Waals surface area contributed by atoms with Gasteiger partial charge in [0.2, 0.25) is 5.91 Å². The maximum absolute atomic E-state index is 11.8. The lowest BCUT2D eigenvalue weighted by atomic mass is 10.0. The second-order valence-corrected chi connectivity index (χ2v) is 5.87. The molecule has 2 N–H and O–H groups in total. The van der Waals surface area contributed by atoms with Crippen LogP contribution < -0.4 is 10.6 Å². The van der Waals surface area contributed by atoms with Gasteiger partial charge >= 0.3 is 0 Å². The van der Waals surface area contributed by atoms with Crippen molar-refractivity contribution in [3.63, 3.8) is 0 Å². The van der Waals surface area contributed by atoms with E-state index in [4.69, 9.17) is 0 Å². The molecular formula is C14H27N3O. The Morgan fingerprint density at radius 3 is 2.89 bits per heavy atom. The summed E-state index contributed by atoms with van der Waals surface area (Å²) in [7, 11) is 0. The summed E-state index contributed by atoms with van der Waals surface area (Å²) >= 11 is 0. The molecule has 2 aliphatic rings. The molecule has 2 heterocycles. The van der Waals surface area contributed by atoms with Crippen molar-refractivity contribution < 1.29 is 4.79 Å². The number of carbonyl (C=O) groups is 1. The van der Waals surface area contributed by atoms with Crippen molar-refractivity contribution in [3.8, 4) is 0 Å². The average Bonchev–Trinajstić information content (AvgIpc) is 2.98. The molecule has 0 spiro atoms. The Labute approximate surface area is 110 Å². The lowest BCUT2D eigenvalue weighted by Crippen LogP contribution is -2.41. The average molecular weight is 253 g/mol. The molecule has 4 nitrogen and oxygen atoms in total. The summed E-state index contributed by atoms with van der Waals surface area (Å²) < 4.78 is 0. The molecule has 2 atom stereocenters. The van der Waals surface area contributed by atoms with Crippen molar-refractivity contribution in [2.75, 3.05) is 32.7 Å². The Hall–Kier alpha value is -0.610. The smallest absolute Gasteiger partial charge is 0.220 e. The third kappa shape index (κ3) is 4.58. The number of nitrogens with zero attached hydrogens (tertiary/aromatic N) is 1. The van der Waals surface area contributed by atoms with Crippen molar-refractivity contribution in [1.29, 1.82) is 0 Å². The maximum Gasteiger partial charge on any atom is 0.220 e. The Morgan fingerprint density at radius 1 is 1.44 bits per heavy atom. The van der Waals surface area contributed by atoms with Crippen LogP contribution in [0.4, 0.5) is 0 Å². The molecule has 0 bridgehead atoms. The molecule has 2 unspecified atom stereocenters. The van der Waals surface area contributed by atoms with Gasteiger partial charge in [0.1, 0.15) is 0 Å². The standard InChI is InChI=1S/C14H27N3O/c1-12(11-17-8-2-3-9-17)16-14(18)5-4-13-6-7-15-10-13/h12-13,15H,2-11H2,1H3,(H,16,18). The number of rotatable bonds is 6.